The average molecular weight is 376 g/mol. The zero-order valence-corrected chi connectivity index (χ0v) is 14.0. The average Bonchev–Trinajstić information content (AvgIpc) is 2.81. The Bertz CT molecular complexity index is 497. The number of ether oxygens (including phenoxy) is 2. The summed E-state index contributed by atoms with van der Waals surface area (Å²) in [5.41, 5.74) is 2.40. The number of fused-ring (bicyclic) bond motifs is 1. The second-order valence-corrected chi connectivity index (χ2v) is 4.31. The number of rotatable bonds is 5. The van der Waals surface area contributed by atoms with E-state index in [1.807, 2.05) is 29.3 Å². The number of alkyl halides is 1. The van der Waals surface area contributed by atoms with Crippen molar-refractivity contribution in [3.63, 3.8) is 0 Å². The third-order valence-electron chi connectivity index (χ3n) is 2.57. The molecule has 0 saturated carbocycles. The molecule has 0 fully saturated rings. The molecule has 2 rings (SSSR count). The predicted octanol–water partition coefficient (Wildman–Crippen LogP) is 3.26. The zero-order valence-electron chi connectivity index (χ0n) is 11.9. The van der Waals surface area contributed by atoms with Crippen molar-refractivity contribution >= 4 is 33.5 Å². The SMILES string of the molecule is CI.COCOc1ccc2[nH]cc(CN(C)C)c2c1. The summed E-state index contributed by atoms with van der Waals surface area (Å²) in [6, 6.07) is 6.01. The van der Waals surface area contributed by atoms with Crippen LogP contribution in [0.1, 0.15) is 5.56 Å². The Morgan fingerprint density at radius 3 is 2.63 bits per heavy atom. The van der Waals surface area contributed by atoms with Crippen LogP contribution in [0, 0.1) is 0 Å². The highest BCUT2D eigenvalue weighted by molar-refractivity contribution is 14.1. The molecule has 4 nitrogen and oxygen atoms in total. The first-order valence-corrected chi connectivity index (χ1v) is 8.10. The summed E-state index contributed by atoms with van der Waals surface area (Å²) in [4.78, 5) is 7.38. The van der Waals surface area contributed by atoms with Crippen molar-refractivity contribution in [2.45, 2.75) is 6.54 Å². The fraction of sp³-hybridized carbons (Fsp3) is 0.429. The van der Waals surface area contributed by atoms with E-state index >= 15 is 0 Å². The minimum Gasteiger partial charge on any atom is -0.468 e. The molecule has 1 aromatic carbocycles. The number of hydrogen-bond donors (Lipinski definition) is 1. The molecule has 0 bridgehead atoms. The predicted molar refractivity (Wildman–Crippen MR) is 88.1 cm³/mol. The van der Waals surface area contributed by atoms with E-state index in [9.17, 15) is 0 Å². The van der Waals surface area contributed by atoms with Crippen LogP contribution in [0.15, 0.2) is 24.4 Å². The molecule has 2 aromatic rings. The number of halogens is 1. The van der Waals surface area contributed by atoms with Gasteiger partial charge < -0.3 is 19.4 Å². The molecule has 0 aliphatic rings. The van der Waals surface area contributed by atoms with E-state index in [0.717, 1.165) is 17.8 Å². The molecule has 1 aromatic heterocycles. The summed E-state index contributed by atoms with van der Waals surface area (Å²) in [6.07, 6.45) is 2.05. The Morgan fingerprint density at radius 2 is 2.00 bits per heavy atom. The summed E-state index contributed by atoms with van der Waals surface area (Å²) < 4.78 is 10.3. The summed E-state index contributed by atoms with van der Waals surface area (Å²) in [5, 5.41) is 1.20. The molecule has 106 valence electrons. The molecular formula is C14H21IN2O2. The Balaban J connectivity index is 0.000000861. The largest absolute Gasteiger partial charge is 0.468 e. The van der Waals surface area contributed by atoms with Crippen LogP contribution in [0.2, 0.25) is 0 Å². The van der Waals surface area contributed by atoms with Gasteiger partial charge in [-0.05, 0) is 42.8 Å². The first kappa shape index (κ1) is 16.3. The molecule has 5 heteroatoms. The molecule has 19 heavy (non-hydrogen) atoms. The first-order chi connectivity index (χ1) is 9.20. The second-order valence-electron chi connectivity index (χ2n) is 4.31. The van der Waals surface area contributed by atoms with Gasteiger partial charge in [-0.15, -0.1) is 0 Å². The number of aromatic amines is 1. The summed E-state index contributed by atoms with van der Waals surface area (Å²) in [7, 11) is 5.74. The molecule has 1 heterocycles. The van der Waals surface area contributed by atoms with Crippen molar-refractivity contribution < 1.29 is 9.47 Å². The van der Waals surface area contributed by atoms with Crippen LogP contribution in [0.25, 0.3) is 10.9 Å². The Hall–Kier alpha value is -0.790. The van der Waals surface area contributed by atoms with Crippen molar-refractivity contribution in [2.75, 3.05) is 32.9 Å². The number of nitrogens with zero attached hydrogens (tertiary/aromatic N) is 1. The molecular weight excluding hydrogens is 355 g/mol. The van der Waals surface area contributed by atoms with Gasteiger partial charge in [0.1, 0.15) is 5.75 Å². The van der Waals surface area contributed by atoms with Crippen LogP contribution in [0.5, 0.6) is 5.75 Å². The standard InChI is InChI=1S/C13H18N2O2.CH3I/c1-15(2)8-10-7-14-13-5-4-11(6-12(10)13)17-9-16-3;1-2/h4-7,14H,8-9H2,1-3H3;1H3. The molecule has 0 aliphatic carbocycles. The van der Waals surface area contributed by atoms with E-state index < -0.39 is 0 Å². The Labute approximate surface area is 128 Å². The second kappa shape index (κ2) is 8.39. The highest BCUT2D eigenvalue weighted by Crippen LogP contribution is 2.24. The van der Waals surface area contributed by atoms with Crippen LogP contribution in [0.3, 0.4) is 0 Å². The lowest BCUT2D eigenvalue weighted by atomic mass is 10.1. The molecule has 0 unspecified atom stereocenters. The van der Waals surface area contributed by atoms with Gasteiger partial charge in [-0.3, -0.25) is 0 Å². The molecule has 0 aliphatic heterocycles. The Kier molecular flexibility index (Phi) is 7.19. The molecule has 1 N–H and O–H groups in total. The van der Waals surface area contributed by atoms with E-state index in [4.69, 9.17) is 9.47 Å². The monoisotopic (exact) mass is 376 g/mol. The smallest absolute Gasteiger partial charge is 0.188 e. The summed E-state index contributed by atoms with van der Waals surface area (Å²) in [5.74, 6) is 0.832. The summed E-state index contributed by atoms with van der Waals surface area (Å²) in [6.45, 7) is 1.19. The highest BCUT2D eigenvalue weighted by atomic mass is 127. The molecule has 0 radical (unpaired) electrons. The van der Waals surface area contributed by atoms with E-state index in [0.29, 0.717) is 0 Å². The van der Waals surface area contributed by atoms with Crippen LogP contribution in [-0.2, 0) is 11.3 Å². The van der Waals surface area contributed by atoms with Gasteiger partial charge in [-0.2, -0.15) is 0 Å². The van der Waals surface area contributed by atoms with Gasteiger partial charge in [0.25, 0.3) is 0 Å². The van der Waals surface area contributed by atoms with Crippen molar-refractivity contribution in [1.82, 2.24) is 9.88 Å². The topological polar surface area (TPSA) is 37.5 Å². The number of benzene rings is 1. The van der Waals surface area contributed by atoms with Gasteiger partial charge >= 0.3 is 0 Å². The maximum atomic E-state index is 5.44. The first-order valence-electron chi connectivity index (χ1n) is 5.95. The number of hydrogen-bond acceptors (Lipinski definition) is 3. The van der Waals surface area contributed by atoms with E-state index in [1.165, 1.54) is 10.9 Å². The van der Waals surface area contributed by atoms with Crippen LogP contribution in [0.4, 0.5) is 0 Å². The fourth-order valence-corrected chi connectivity index (χ4v) is 1.85. The van der Waals surface area contributed by atoms with Crippen LogP contribution >= 0.6 is 22.6 Å². The quantitative estimate of drug-likeness (QED) is 0.495. The lowest BCUT2D eigenvalue weighted by molar-refractivity contribution is 0.0512. The van der Waals surface area contributed by atoms with Gasteiger partial charge in [0.05, 0.1) is 0 Å². The lowest BCUT2D eigenvalue weighted by Gasteiger charge is -2.09. The van der Waals surface area contributed by atoms with Gasteiger partial charge in [-0.25, -0.2) is 0 Å². The zero-order chi connectivity index (χ0) is 14.3. The maximum absolute atomic E-state index is 5.44. The van der Waals surface area contributed by atoms with Gasteiger partial charge in [0, 0.05) is 30.8 Å². The lowest BCUT2D eigenvalue weighted by Crippen LogP contribution is -2.10. The number of nitrogens with one attached hydrogen (secondary N) is 1. The van der Waals surface area contributed by atoms with Crippen molar-refractivity contribution in [3.8, 4) is 5.75 Å². The molecule has 0 saturated heterocycles. The van der Waals surface area contributed by atoms with Crippen molar-refractivity contribution in [1.29, 1.82) is 0 Å². The minimum atomic E-state index is 0.277. The van der Waals surface area contributed by atoms with E-state index in [1.54, 1.807) is 7.11 Å². The molecule has 0 atom stereocenters. The third kappa shape index (κ3) is 4.67. The van der Waals surface area contributed by atoms with E-state index in [2.05, 4.69) is 46.6 Å². The normalized spacial score (nSPS) is 10.4. The van der Waals surface area contributed by atoms with Crippen molar-refractivity contribution in [2.24, 2.45) is 0 Å². The third-order valence-corrected chi connectivity index (χ3v) is 2.57. The highest BCUT2D eigenvalue weighted by Gasteiger charge is 2.06. The fourth-order valence-electron chi connectivity index (χ4n) is 1.85. The maximum Gasteiger partial charge on any atom is 0.188 e. The van der Waals surface area contributed by atoms with E-state index in [-0.39, 0.29) is 6.79 Å². The minimum absolute atomic E-state index is 0.277. The van der Waals surface area contributed by atoms with Gasteiger partial charge in [-0.1, -0.05) is 22.6 Å². The van der Waals surface area contributed by atoms with Gasteiger partial charge in [0.2, 0.25) is 0 Å². The summed E-state index contributed by atoms with van der Waals surface area (Å²) >= 11 is 2.15. The Morgan fingerprint density at radius 1 is 1.26 bits per heavy atom. The number of aromatic nitrogens is 1. The van der Waals surface area contributed by atoms with Crippen LogP contribution in [-0.4, -0.2) is 42.8 Å². The van der Waals surface area contributed by atoms with Crippen LogP contribution < -0.4 is 4.74 Å². The van der Waals surface area contributed by atoms with Crippen molar-refractivity contribution in [3.05, 3.63) is 30.0 Å². The molecule has 0 spiro atoms. The van der Waals surface area contributed by atoms with Gasteiger partial charge in [0.15, 0.2) is 6.79 Å². The number of H-pyrrole nitrogens is 1. The number of methoxy groups -OCH3 is 1. The molecule has 0 amide bonds.